The van der Waals surface area contributed by atoms with E-state index < -0.39 is 23.7 Å². The highest BCUT2D eigenvalue weighted by Crippen LogP contribution is 2.37. The number of imide groups is 1. The molecule has 0 spiro atoms. The van der Waals surface area contributed by atoms with Crippen molar-refractivity contribution >= 4 is 58.3 Å². The lowest BCUT2D eigenvalue weighted by atomic mass is 10.0. The van der Waals surface area contributed by atoms with Crippen LogP contribution in [0.1, 0.15) is 34.3 Å². The summed E-state index contributed by atoms with van der Waals surface area (Å²) in [7, 11) is 1.50. The van der Waals surface area contributed by atoms with Crippen molar-refractivity contribution in [1.29, 1.82) is 0 Å². The van der Waals surface area contributed by atoms with Crippen molar-refractivity contribution in [3.05, 3.63) is 89.6 Å². The third-order valence-electron chi connectivity index (χ3n) is 10.9. The number of piperidine rings is 1. The monoisotopic (exact) mass is 798 g/mol. The highest BCUT2D eigenvalue weighted by Gasteiger charge is 2.40. The molecule has 302 valence electrons. The molecule has 15 nitrogen and oxygen atoms in total. The van der Waals surface area contributed by atoms with Crippen LogP contribution in [0.3, 0.4) is 0 Å². The van der Waals surface area contributed by atoms with E-state index in [1.807, 2.05) is 34.1 Å². The number of para-hydroxylation sites is 1. The highest BCUT2D eigenvalue weighted by atomic mass is 19.4. The fourth-order valence-corrected chi connectivity index (χ4v) is 7.77. The third kappa shape index (κ3) is 7.86. The van der Waals surface area contributed by atoms with Gasteiger partial charge in [0.2, 0.25) is 17.8 Å². The van der Waals surface area contributed by atoms with Gasteiger partial charge in [-0.1, -0.05) is 18.2 Å². The highest BCUT2D eigenvalue weighted by molar-refractivity contribution is 6.05. The fourth-order valence-electron chi connectivity index (χ4n) is 7.77. The van der Waals surface area contributed by atoms with Crippen LogP contribution in [-0.2, 0) is 22.3 Å². The number of ether oxygens (including phenoxy) is 1. The number of halogens is 3. The fraction of sp³-hybridized carbons (Fsp3) is 0.350. The van der Waals surface area contributed by atoms with E-state index in [0.717, 1.165) is 23.1 Å². The Morgan fingerprint density at radius 1 is 0.845 bits per heavy atom. The zero-order valence-electron chi connectivity index (χ0n) is 31.6. The minimum atomic E-state index is -4.67. The van der Waals surface area contributed by atoms with Gasteiger partial charge in [-0.15, -0.1) is 0 Å². The summed E-state index contributed by atoms with van der Waals surface area (Å²) in [6, 6.07) is 18.9. The third-order valence-corrected chi connectivity index (χ3v) is 10.9. The van der Waals surface area contributed by atoms with E-state index >= 15 is 0 Å². The Kier molecular flexibility index (Phi) is 10.4. The van der Waals surface area contributed by atoms with Crippen molar-refractivity contribution in [2.45, 2.75) is 31.6 Å². The van der Waals surface area contributed by atoms with Crippen LogP contribution >= 0.6 is 0 Å². The molecule has 18 heteroatoms. The number of rotatable bonds is 8. The van der Waals surface area contributed by atoms with Crippen LogP contribution in [-0.4, -0.2) is 114 Å². The number of piperazine rings is 2. The summed E-state index contributed by atoms with van der Waals surface area (Å²) >= 11 is 0. The zero-order valence-corrected chi connectivity index (χ0v) is 31.6. The molecule has 4 aliphatic heterocycles. The van der Waals surface area contributed by atoms with E-state index in [0.29, 0.717) is 88.0 Å². The van der Waals surface area contributed by atoms with E-state index in [1.165, 1.54) is 12.0 Å². The number of hydrogen-bond donors (Lipinski definition) is 3. The van der Waals surface area contributed by atoms with Crippen LogP contribution in [0.4, 0.5) is 52.5 Å². The first-order chi connectivity index (χ1) is 27.9. The lowest BCUT2D eigenvalue weighted by Gasteiger charge is -2.41. The van der Waals surface area contributed by atoms with Crippen LogP contribution in [0, 0.1) is 0 Å². The number of nitrogens with one attached hydrogen (secondary N) is 3. The second-order valence-electron chi connectivity index (χ2n) is 14.4. The molecule has 5 amide bonds. The predicted molar refractivity (Wildman–Crippen MR) is 208 cm³/mol. The maximum atomic E-state index is 13.8. The number of benzene rings is 3. The van der Waals surface area contributed by atoms with Crippen molar-refractivity contribution < 1.29 is 37.1 Å². The molecular weight excluding hydrogens is 757 g/mol. The smallest absolute Gasteiger partial charge is 0.421 e. The van der Waals surface area contributed by atoms with Gasteiger partial charge in [-0.2, -0.15) is 18.2 Å². The number of amides is 5. The molecule has 1 atom stereocenters. The summed E-state index contributed by atoms with van der Waals surface area (Å²) in [6.45, 7) is 4.82. The van der Waals surface area contributed by atoms with Crippen molar-refractivity contribution in [3.8, 4) is 5.75 Å². The molecule has 58 heavy (non-hydrogen) atoms. The van der Waals surface area contributed by atoms with Crippen LogP contribution < -0.4 is 30.5 Å². The molecule has 1 aromatic heterocycles. The number of hydrogen-bond acceptors (Lipinski definition) is 11. The van der Waals surface area contributed by atoms with Gasteiger partial charge in [-0.25, -0.2) is 9.78 Å². The van der Waals surface area contributed by atoms with Crippen molar-refractivity contribution in [1.82, 2.24) is 30.0 Å². The summed E-state index contributed by atoms with van der Waals surface area (Å²) in [5.41, 5.74) is 3.12. The Hall–Kier alpha value is -6.59. The summed E-state index contributed by atoms with van der Waals surface area (Å²) < 4.78 is 47.0. The lowest BCUT2D eigenvalue weighted by molar-refractivity contribution is -0.138. The quantitative estimate of drug-likeness (QED) is 0.210. The molecular formula is C40H41F3N10O5. The second-order valence-corrected chi connectivity index (χ2v) is 14.4. The molecule has 3 N–H and O–H groups in total. The first-order valence-electron chi connectivity index (χ1n) is 19.0. The molecule has 5 heterocycles. The predicted octanol–water partition coefficient (Wildman–Crippen LogP) is 4.82. The Morgan fingerprint density at radius 3 is 2.14 bits per heavy atom. The molecule has 0 aliphatic carbocycles. The number of aromatic nitrogens is 2. The minimum absolute atomic E-state index is 0.0199. The molecule has 8 rings (SSSR count). The van der Waals surface area contributed by atoms with Gasteiger partial charge in [0.05, 0.1) is 12.8 Å². The number of urea groups is 1. The number of carbonyl (C=O) groups excluding carboxylic acids is 4. The van der Waals surface area contributed by atoms with Gasteiger partial charge in [0.25, 0.3) is 5.91 Å². The van der Waals surface area contributed by atoms with Gasteiger partial charge in [0.15, 0.2) is 0 Å². The normalized spacial score (nSPS) is 18.6. The van der Waals surface area contributed by atoms with Crippen molar-refractivity contribution in [2.24, 2.45) is 0 Å². The number of carbonyl (C=O) groups is 4. The Morgan fingerprint density at radius 2 is 1.50 bits per heavy atom. The Bertz CT molecular complexity index is 2230. The molecule has 0 bridgehead atoms. The maximum absolute atomic E-state index is 13.8. The number of anilines is 6. The van der Waals surface area contributed by atoms with Crippen molar-refractivity contribution in [2.75, 3.05) is 79.9 Å². The summed E-state index contributed by atoms with van der Waals surface area (Å²) in [6.07, 6.45) is -3.42. The van der Waals surface area contributed by atoms with Crippen LogP contribution in [0.25, 0.3) is 0 Å². The van der Waals surface area contributed by atoms with Gasteiger partial charge in [-0.05, 0) is 54.4 Å². The minimum Gasteiger partial charge on any atom is -0.494 e. The molecule has 3 fully saturated rings. The van der Waals surface area contributed by atoms with E-state index in [9.17, 15) is 32.3 Å². The lowest BCUT2D eigenvalue weighted by Crippen LogP contribution is -2.57. The standard InChI is InChI=1S/C40H41F3N10O5/c1-58-33-22-28(8-10-31(33)46-38-44-23-30(40(41,42)43)35(48-38)45-26-5-3-2-4-6-26)50-15-19-52(20-16-50)39(57)51-17-13-49(14-18-51)27-7-9-29-25(21-27)24-53(37(29)56)32-11-12-34(54)47-36(32)55/h2-10,21-23,32H,11-20,24H2,1H3,(H,47,54,55)(H2,44,45,46,48). The van der Waals surface area contributed by atoms with Crippen molar-refractivity contribution in [3.63, 3.8) is 0 Å². The van der Waals surface area contributed by atoms with Gasteiger partial charge < -0.3 is 39.9 Å². The van der Waals surface area contributed by atoms with E-state index in [-0.39, 0.29) is 36.0 Å². The largest absolute Gasteiger partial charge is 0.494 e. The molecule has 3 aromatic carbocycles. The first kappa shape index (κ1) is 38.3. The SMILES string of the molecule is COc1cc(N2CCN(C(=O)N3CCN(c4ccc5c(c4)CN(C4CCC(=O)NC4=O)C5=O)CC3)CC2)ccc1Nc1ncc(C(F)(F)F)c(Nc2ccccc2)n1. The van der Waals surface area contributed by atoms with Gasteiger partial charge in [0.1, 0.15) is 23.2 Å². The molecule has 4 aliphatic rings. The molecule has 3 saturated heterocycles. The van der Waals surface area contributed by atoms with E-state index in [4.69, 9.17) is 4.74 Å². The molecule has 1 unspecified atom stereocenters. The average molecular weight is 799 g/mol. The maximum Gasteiger partial charge on any atom is 0.421 e. The van der Waals surface area contributed by atoms with Crippen LogP contribution in [0.2, 0.25) is 0 Å². The summed E-state index contributed by atoms with van der Waals surface area (Å²) in [5, 5.41) is 8.06. The summed E-state index contributed by atoms with van der Waals surface area (Å²) in [5.74, 6) is -0.966. The number of alkyl halides is 3. The van der Waals surface area contributed by atoms with E-state index in [2.05, 4.69) is 35.7 Å². The summed E-state index contributed by atoms with van der Waals surface area (Å²) in [4.78, 5) is 68.4. The zero-order chi connectivity index (χ0) is 40.6. The van der Waals surface area contributed by atoms with Crippen LogP contribution in [0.15, 0.2) is 72.9 Å². The number of nitrogens with zero attached hydrogens (tertiary/aromatic N) is 7. The topological polar surface area (TPSA) is 156 Å². The van der Waals surface area contributed by atoms with Gasteiger partial charge >= 0.3 is 12.2 Å². The van der Waals surface area contributed by atoms with Gasteiger partial charge in [0, 0.05) is 100 Å². The number of fused-ring (bicyclic) bond motifs is 1. The van der Waals surface area contributed by atoms with E-state index in [1.54, 1.807) is 42.5 Å². The average Bonchev–Trinajstić information content (AvgIpc) is 3.55. The molecule has 0 saturated carbocycles. The Balaban J connectivity index is 0.846. The number of methoxy groups -OCH3 is 1. The Labute approximate surface area is 331 Å². The first-order valence-corrected chi connectivity index (χ1v) is 19.0. The van der Waals surface area contributed by atoms with Crippen LogP contribution in [0.5, 0.6) is 5.75 Å². The van der Waals surface area contributed by atoms with Gasteiger partial charge in [-0.3, -0.25) is 19.7 Å². The molecule has 4 aromatic rings. The second kappa shape index (κ2) is 15.7. The molecule has 0 radical (unpaired) electrons.